The molecule has 0 bridgehead atoms. The summed E-state index contributed by atoms with van der Waals surface area (Å²) in [4.78, 5) is 24.1. The fourth-order valence-electron chi connectivity index (χ4n) is 7.61. The van der Waals surface area contributed by atoms with Gasteiger partial charge in [0.1, 0.15) is 11.9 Å². The van der Waals surface area contributed by atoms with Gasteiger partial charge in [0.05, 0.1) is 0 Å². The van der Waals surface area contributed by atoms with Crippen LogP contribution in [0.25, 0.3) is 0 Å². The molecule has 3 heteroatoms. The molecule has 4 fully saturated rings. The van der Waals surface area contributed by atoms with Crippen molar-refractivity contribution in [3.8, 4) is 0 Å². The highest BCUT2D eigenvalue weighted by atomic mass is 16.5. The second-order valence-corrected chi connectivity index (χ2v) is 10.3. The molecular weight excluding hydrogens is 324 g/mol. The molecule has 0 heterocycles. The zero-order valence-electron chi connectivity index (χ0n) is 16.9. The van der Waals surface area contributed by atoms with Gasteiger partial charge in [0.15, 0.2) is 0 Å². The van der Waals surface area contributed by atoms with E-state index in [-0.39, 0.29) is 17.5 Å². The molecule has 0 radical (unpaired) electrons. The third kappa shape index (κ3) is 2.76. The van der Waals surface area contributed by atoms with Crippen LogP contribution in [-0.4, -0.2) is 17.9 Å². The first kappa shape index (κ1) is 18.5. The molecule has 0 saturated heterocycles. The SMILES string of the molecule is CCCC(=O)OC1CCC2C3CCC4CC(=O)CCC4(C)C3CCC12C. The third-order valence-electron chi connectivity index (χ3n) is 9.12. The average Bonchev–Trinajstić information content (AvgIpc) is 2.92. The first-order valence-electron chi connectivity index (χ1n) is 11.1. The quantitative estimate of drug-likeness (QED) is 0.641. The molecule has 0 aliphatic heterocycles. The molecule has 0 amide bonds. The van der Waals surface area contributed by atoms with Crippen LogP contribution in [0.2, 0.25) is 0 Å². The maximum absolute atomic E-state index is 12.1. The fraction of sp³-hybridized carbons (Fsp3) is 0.913. The lowest BCUT2D eigenvalue weighted by Crippen LogP contribution is -2.54. The Morgan fingerprint density at radius 1 is 1.04 bits per heavy atom. The molecule has 0 aromatic heterocycles. The number of rotatable bonds is 3. The van der Waals surface area contributed by atoms with E-state index in [9.17, 15) is 9.59 Å². The predicted octanol–water partition coefficient (Wildman–Crippen LogP) is 5.31. The Kier molecular flexibility index (Phi) is 4.72. The summed E-state index contributed by atoms with van der Waals surface area (Å²) in [6.07, 6.45) is 11.5. The van der Waals surface area contributed by atoms with Crippen LogP contribution in [0, 0.1) is 34.5 Å². The molecule has 7 unspecified atom stereocenters. The Labute approximate surface area is 158 Å². The summed E-state index contributed by atoms with van der Waals surface area (Å²) in [6.45, 7) is 6.95. The number of hydrogen-bond acceptors (Lipinski definition) is 3. The van der Waals surface area contributed by atoms with Crippen LogP contribution < -0.4 is 0 Å². The second-order valence-electron chi connectivity index (χ2n) is 10.3. The highest BCUT2D eigenvalue weighted by Gasteiger charge is 2.61. The molecular formula is C23H36O3. The largest absolute Gasteiger partial charge is 0.462 e. The lowest BCUT2D eigenvalue weighted by molar-refractivity contribution is -0.164. The minimum Gasteiger partial charge on any atom is -0.462 e. The van der Waals surface area contributed by atoms with Crippen LogP contribution in [0.3, 0.4) is 0 Å². The lowest BCUT2D eigenvalue weighted by atomic mass is 9.45. The van der Waals surface area contributed by atoms with Gasteiger partial charge >= 0.3 is 5.97 Å². The fourth-order valence-corrected chi connectivity index (χ4v) is 7.61. The van der Waals surface area contributed by atoms with E-state index in [1.165, 1.54) is 32.1 Å². The molecule has 3 nitrogen and oxygen atoms in total. The highest BCUT2D eigenvalue weighted by molar-refractivity contribution is 5.79. The number of ether oxygens (including phenoxy) is 1. The summed E-state index contributed by atoms with van der Waals surface area (Å²) in [5, 5.41) is 0. The molecule has 0 aromatic carbocycles. The van der Waals surface area contributed by atoms with Gasteiger partial charge in [-0.15, -0.1) is 0 Å². The maximum Gasteiger partial charge on any atom is 0.306 e. The van der Waals surface area contributed by atoms with Gasteiger partial charge in [-0.2, -0.15) is 0 Å². The summed E-state index contributed by atoms with van der Waals surface area (Å²) in [6, 6.07) is 0. The van der Waals surface area contributed by atoms with Crippen LogP contribution in [0.1, 0.15) is 91.4 Å². The van der Waals surface area contributed by atoms with Crippen LogP contribution in [-0.2, 0) is 14.3 Å². The van der Waals surface area contributed by atoms with E-state index in [0.717, 1.165) is 43.9 Å². The Balaban J connectivity index is 1.52. The molecule has 4 aliphatic rings. The molecule has 0 aromatic rings. The van der Waals surface area contributed by atoms with Gasteiger partial charge in [-0.3, -0.25) is 9.59 Å². The Morgan fingerprint density at radius 2 is 1.81 bits per heavy atom. The lowest BCUT2D eigenvalue weighted by Gasteiger charge is -2.60. The minimum atomic E-state index is 0.00274. The van der Waals surface area contributed by atoms with Crippen molar-refractivity contribution in [1.29, 1.82) is 0 Å². The molecule has 0 spiro atoms. The predicted molar refractivity (Wildman–Crippen MR) is 102 cm³/mol. The first-order valence-corrected chi connectivity index (χ1v) is 11.1. The number of hydrogen-bond donors (Lipinski definition) is 0. The summed E-state index contributed by atoms with van der Waals surface area (Å²) in [5.74, 6) is 3.37. The second kappa shape index (κ2) is 6.63. The van der Waals surface area contributed by atoms with Gasteiger partial charge in [0, 0.05) is 24.7 Å². The summed E-state index contributed by atoms with van der Waals surface area (Å²) in [7, 11) is 0. The number of esters is 1. The standard InChI is InChI=1S/C23H36O3/c1-4-5-21(25)26-20-9-8-18-17-7-6-15-14-16(24)10-12-22(15,2)19(17)11-13-23(18,20)3/h15,17-20H,4-14H2,1-3H3. The molecule has 0 N–H and O–H groups in total. The Morgan fingerprint density at radius 3 is 2.58 bits per heavy atom. The summed E-state index contributed by atoms with van der Waals surface area (Å²) < 4.78 is 5.97. The van der Waals surface area contributed by atoms with Crippen molar-refractivity contribution in [3.63, 3.8) is 0 Å². The average molecular weight is 361 g/mol. The van der Waals surface area contributed by atoms with Crippen LogP contribution in [0.5, 0.6) is 0 Å². The Bertz CT molecular complexity index is 584. The van der Waals surface area contributed by atoms with E-state index in [0.29, 0.717) is 29.5 Å². The zero-order chi connectivity index (χ0) is 18.5. The Hall–Kier alpha value is -0.860. The van der Waals surface area contributed by atoms with Gasteiger partial charge < -0.3 is 4.74 Å². The van der Waals surface area contributed by atoms with E-state index in [1.807, 2.05) is 6.92 Å². The number of fused-ring (bicyclic) bond motifs is 5. The van der Waals surface area contributed by atoms with Gasteiger partial charge in [0.25, 0.3) is 0 Å². The van der Waals surface area contributed by atoms with E-state index < -0.39 is 0 Å². The van der Waals surface area contributed by atoms with E-state index in [4.69, 9.17) is 4.74 Å². The molecule has 4 rings (SSSR count). The topological polar surface area (TPSA) is 43.4 Å². The zero-order valence-corrected chi connectivity index (χ0v) is 16.9. The van der Waals surface area contributed by atoms with Gasteiger partial charge in [0.2, 0.25) is 0 Å². The monoisotopic (exact) mass is 360 g/mol. The number of Topliss-reactive ketones (excluding diaryl/α,β-unsaturated/α-hetero) is 1. The van der Waals surface area contributed by atoms with Crippen molar-refractivity contribution in [1.82, 2.24) is 0 Å². The van der Waals surface area contributed by atoms with E-state index >= 15 is 0 Å². The third-order valence-corrected chi connectivity index (χ3v) is 9.12. The molecule has 4 saturated carbocycles. The number of carbonyl (C=O) groups is 2. The summed E-state index contributed by atoms with van der Waals surface area (Å²) in [5.41, 5.74) is 0.549. The first-order chi connectivity index (χ1) is 12.4. The van der Waals surface area contributed by atoms with Crippen LogP contribution in [0.15, 0.2) is 0 Å². The molecule has 26 heavy (non-hydrogen) atoms. The van der Waals surface area contributed by atoms with Crippen molar-refractivity contribution < 1.29 is 14.3 Å². The molecule has 4 aliphatic carbocycles. The smallest absolute Gasteiger partial charge is 0.306 e. The summed E-state index contributed by atoms with van der Waals surface area (Å²) >= 11 is 0. The van der Waals surface area contributed by atoms with E-state index in [2.05, 4.69) is 13.8 Å². The van der Waals surface area contributed by atoms with Crippen molar-refractivity contribution in [2.75, 3.05) is 0 Å². The highest BCUT2D eigenvalue weighted by Crippen LogP contribution is 2.66. The van der Waals surface area contributed by atoms with Gasteiger partial charge in [-0.25, -0.2) is 0 Å². The maximum atomic E-state index is 12.1. The molecule has 7 atom stereocenters. The van der Waals surface area contributed by atoms with Crippen molar-refractivity contribution in [2.45, 2.75) is 97.5 Å². The van der Waals surface area contributed by atoms with Crippen molar-refractivity contribution in [3.05, 3.63) is 0 Å². The van der Waals surface area contributed by atoms with E-state index in [1.54, 1.807) is 0 Å². The van der Waals surface area contributed by atoms with Crippen LogP contribution in [0.4, 0.5) is 0 Å². The minimum absolute atomic E-state index is 0.00274. The van der Waals surface area contributed by atoms with Crippen LogP contribution >= 0.6 is 0 Å². The normalized spacial score (nSPS) is 47.7. The van der Waals surface area contributed by atoms with Gasteiger partial charge in [-0.05, 0) is 80.5 Å². The van der Waals surface area contributed by atoms with Crippen molar-refractivity contribution >= 4 is 11.8 Å². The number of ketones is 1. The molecule has 146 valence electrons. The van der Waals surface area contributed by atoms with Crippen molar-refractivity contribution in [2.24, 2.45) is 34.5 Å². The van der Waals surface area contributed by atoms with Gasteiger partial charge in [-0.1, -0.05) is 20.8 Å². The number of carbonyl (C=O) groups excluding carboxylic acids is 2.